The molecule has 3 heteroatoms. The normalized spacial score (nSPS) is 10.8. The molecule has 0 saturated heterocycles. The molecule has 0 atom stereocenters. The molecular weight excluding hydrogens is 358 g/mol. The summed E-state index contributed by atoms with van der Waals surface area (Å²) in [5.41, 5.74) is 1.57. The van der Waals surface area contributed by atoms with Crippen molar-refractivity contribution in [3.05, 3.63) is 35.4 Å². The van der Waals surface area contributed by atoms with Crippen molar-refractivity contribution in [2.24, 2.45) is 0 Å². The van der Waals surface area contributed by atoms with Gasteiger partial charge in [0.2, 0.25) is 5.91 Å². The van der Waals surface area contributed by atoms with Gasteiger partial charge in [-0.25, -0.2) is 0 Å². The number of imide groups is 1. The van der Waals surface area contributed by atoms with Crippen LogP contribution in [0, 0.1) is 6.92 Å². The lowest BCUT2D eigenvalue weighted by Crippen LogP contribution is -2.30. The molecule has 3 nitrogen and oxygen atoms in total. The van der Waals surface area contributed by atoms with Gasteiger partial charge in [0, 0.05) is 12.0 Å². The van der Waals surface area contributed by atoms with E-state index in [2.05, 4.69) is 12.2 Å². The molecule has 0 saturated carbocycles. The lowest BCUT2D eigenvalue weighted by molar-refractivity contribution is -0.120. The molecule has 29 heavy (non-hydrogen) atoms. The molecule has 0 radical (unpaired) electrons. The number of hydrogen-bond donors (Lipinski definition) is 1. The molecule has 1 aromatic carbocycles. The summed E-state index contributed by atoms with van der Waals surface area (Å²) >= 11 is 0. The predicted molar refractivity (Wildman–Crippen MR) is 123 cm³/mol. The molecule has 2 amide bonds. The van der Waals surface area contributed by atoms with E-state index >= 15 is 0 Å². The number of rotatable bonds is 17. The molecule has 0 fully saturated rings. The first-order valence-electron chi connectivity index (χ1n) is 12.0. The van der Waals surface area contributed by atoms with Crippen LogP contribution in [0.15, 0.2) is 24.3 Å². The van der Waals surface area contributed by atoms with Crippen LogP contribution in [0.2, 0.25) is 0 Å². The second kappa shape index (κ2) is 17.2. The smallest absolute Gasteiger partial charge is 0.257 e. The van der Waals surface area contributed by atoms with Crippen molar-refractivity contribution in [2.75, 3.05) is 0 Å². The average molecular weight is 402 g/mol. The van der Waals surface area contributed by atoms with E-state index in [1.165, 1.54) is 83.5 Å². The molecule has 0 unspecified atom stereocenters. The second-order valence-electron chi connectivity index (χ2n) is 8.45. The molecule has 0 spiro atoms. The molecule has 0 aliphatic rings. The van der Waals surface area contributed by atoms with Crippen LogP contribution in [0.5, 0.6) is 0 Å². The van der Waals surface area contributed by atoms with Gasteiger partial charge in [0.25, 0.3) is 5.91 Å². The van der Waals surface area contributed by atoms with Crippen molar-refractivity contribution in [3.8, 4) is 0 Å². The van der Waals surface area contributed by atoms with Crippen molar-refractivity contribution in [1.29, 1.82) is 0 Å². The fourth-order valence-electron chi connectivity index (χ4n) is 3.70. The van der Waals surface area contributed by atoms with E-state index in [-0.39, 0.29) is 11.8 Å². The summed E-state index contributed by atoms with van der Waals surface area (Å²) in [5.74, 6) is -0.453. The first kappa shape index (κ1) is 25.4. The van der Waals surface area contributed by atoms with Gasteiger partial charge < -0.3 is 0 Å². The van der Waals surface area contributed by atoms with Gasteiger partial charge in [0.15, 0.2) is 0 Å². The summed E-state index contributed by atoms with van der Waals surface area (Å²) in [6.07, 6.45) is 20.1. The Balaban J connectivity index is 1.88. The molecule has 0 heterocycles. The number of aryl methyl sites for hydroxylation is 1. The number of benzene rings is 1. The highest BCUT2D eigenvalue weighted by Crippen LogP contribution is 2.13. The minimum Gasteiger partial charge on any atom is -0.292 e. The summed E-state index contributed by atoms with van der Waals surface area (Å²) in [6, 6.07) is 7.32. The van der Waals surface area contributed by atoms with Crippen molar-refractivity contribution in [3.63, 3.8) is 0 Å². The maximum Gasteiger partial charge on any atom is 0.257 e. The first-order chi connectivity index (χ1) is 14.1. The first-order valence-corrected chi connectivity index (χ1v) is 12.0. The zero-order chi connectivity index (χ0) is 21.2. The Labute approximate surface area is 179 Å². The van der Waals surface area contributed by atoms with Crippen LogP contribution in [-0.2, 0) is 4.79 Å². The maximum atomic E-state index is 12.0. The number of nitrogens with one attached hydrogen (secondary N) is 1. The lowest BCUT2D eigenvalue weighted by Gasteiger charge is -2.05. The van der Waals surface area contributed by atoms with E-state index in [9.17, 15) is 9.59 Å². The van der Waals surface area contributed by atoms with Gasteiger partial charge in [-0.1, -0.05) is 115 Å². The SMILES string of the molecule is CCCCCCCCCCCCCCCCCC(=O)NC(=O)c1cccc(C)c1. The quantitative estimate of drug-likeness (QED) is 0.274. The number of hydrogen-bond acceptors (Lipinski definition) is 2. The Morgan fingerprint density at radius 1 is 0.724 bits per heavy atom. The Morgan fingerprint density at radius 3 is 1.69 bits per heavy atom. The second-order valence-corrected chi connectivity index (χ2v) is 8.45. The highest BCUT2D eigenvalue weighted by atomic mass is 16.2. The van der Waals surface area contributed by atoms with Gasteiger partial charge in [-0.15, -0.1) is 0 Å². The minimum absolute atomic E-state index is 0.161. The number of carbonyl (C=O) groups excluding carboxylic acids is 2. The Kier molecular flexibility index (Phi) is 15.1. The van der Waals surface area contributed by atoms with E-state index in [4.69, 9.17) is 0 Å². The number of unbranched alkanes of at least 4 members (excludes halogenated alkanes) is 14. The van der Waals surface area contributed by atoms with Gasteiger partial charge >= 0.3 is 0 Å². The summed E-state index contributed by atoms with van der Waals surface area (Å²) in [4.78, 5) is 23.9. The zero-order valence-corrected chi connectivity index (χ0v) is 18.9. The fraction of sp³-hybridized carbons (Fsp3) is 0.692. The molecule has 0 aromatic heterocycles. The third kappa shape index (κ3) is 14.1. The van der Waals surface area contributed by atoms with Gasteiger partial charge in [0.1, 0.15) is 0 Å². The average Bonchev–Trinajstić information content (AvgIpc) is 2.71. The summed E-state index contributed by atoms with van der Waals surface area (Å²) in [6.45, 7) is 4.21. The van der Waals surface area contributed by atoms with Crippen molar-refractivity contribution in [1.82, 2.24) is 5.32 Å². The van der Waals surface area contributed by atoms with Crippen molar-refractivity contribution < 1.29 is 9.59 Å². The standard InChI is InChI=1S/C26H43NO2/c1-3-4-5-6-7-8-9-10-11-12-13-14-15-16-17-21-25(28)27-26(29)24-20-18-19-23(2)22-24/h18-20,22H,3-17,21H2,1-2H3,(H,27,28,29). The Bertz CT molecular complexity index is 568. The topological polar surface area (TPSA) is 46.2 Å². The van der Waals surface area contributed by atoms with Crippen LogP contribution in [0.4, 0.5) is 0 Å². The molecule has 164 valence electrons. The van der Waals surface area contributed by atoms with Crippen LogP contribution in [0.3, 0.4) is 0 Å². The van der Waals surface area contributed by atoms with Gasteiger partial charge in [-0.3, -0.25) is 14.9 Å². The fourth-order valence-corrected chi connectivity index (χ4v) is 3.70. The molecule has 1 aromatic rings. The van der Waals surface area contributed by atoms with Crippen LogP contribution < -0.4 is 5.32 Å². The Morgan fingerprint density at radius 2 is 1.21 bits per heavy atom. The van der Waals surface area contributed by atoms with E-state index in [1.807, 2.05) is 19.1 Å². The summed E-state index contributed by atoms with van der Waals surface area (Å²) in [5, 5.41) is 2.50. The van der Waals surface area contributed by atoms with Gasteiger partial charge in [0.05, 0.1) is 0 Å². The van der Waals surface area contributed by atoms with Crippen LogP contribution >= 0.6 is 0 Å². The van der Waals surface area contributed by atoms with Gasteiger partial charge in [-0.05, 0) is 25.5 Å². The van der Waals surface area contributed by atoms with Crippen LogP contribution in [-0.4, -0.2) is 11.8 Å². The Hall–Kier alpha value is -1.64. The monoisotopic (exact) mass is 401 g/mol. The molecule has 0 bridgehead atoms. The third-order valence-corrected chi connectivity index (χ3v) is 5.54. The van der Waals surface area contributed by atoms with E-state index in [0.29, 0.717) is 12.0 Å². The highest BCUT2D eigenvalue weighted by molar-refractivity contribution is 6.04. The highest BCUT2D eigenvalue weighted by Gasteiger charge is 2.09. The molecule has 0 aliphatic carbocycles. The lowest BCUT2D eigenvalue weighted by atomic mass is 10.0. The number of carbonyl (C=O) groups is 2. The van der Waals surface area contributed by atoms with E-state index in [0.717, 1.165) is 18.4 Å². The largest absolute Gasteiger partial charge is 0.292 e. The van der Waals surface area contributed by atoms with Gasteiger partial charge in [-0.2, -0.15) is 0 Å². The summed E-state index contributed by atoms with van der Waals surface area (Å²) in [7, 11) is 0. The van der Waals surface area contributed by atoms with E-state index in [1.54, 1.807) is 12.1 Å². The predicted octanol–water partition coefficient (Wildman–Crippen LogP) is 7.51. The molecule has 0 aliphatic heterocycles. The number of amides is 2. The van der Waals surface area contributed by atoms with Crippen molar-refractivity contribution in [2.45, 2.75) is 117 Å². The van der Waals surface area contributed by atoms with E-state index < -0.39 is 0 Å². The van der Waals surface area contributed by atoms with Crippen LogP contribution in [0.1, 0.15) is 126 Å². The summed E-state index contributed by atoms with van der Waals surface area (Å²) < 4.78 is 0. The molecular formula is C26H43NO2. The van der Waals surface area contributed by atoms with Crippen molar-refractivity contribution >= 4 is 11.8 Å². The van der Waals surface area contributed by atoms with Crippen LogP contribution in [0.25, 0.3) is 0 Å². The molecule has 1 N–H and O–H groups in total. The minimum atomic E-state index is -0.292. The zero-order valence-electron chi connectivity index (χ0n) is 18.9. The maximum absolute atomic E-state index is 12.0. The molecule has 1 rings (SSSR count). The third-order valence-electron chi connectivity index (χ3n) is 5.54.